The molecule has 1 aliphatic rings. The van der Waals surface area contributed by atoms with Gasteiger partial charge in [0.1, 0.15) is 17.3 Å². The molecule has 0 bridgehead atoms. The second kappa shape index (κ2) is 5.88. The molecule has 3 heterocycles. The summed E-state index contributed by atoms with van der Waals surface area (Å²) >= 11 is 0. The Hall–Kier alpha value is -3.03. The van der Waals surface area contributed by atoms with Gasteiger partial charge in [-0.3, -0.25) is 9.89 Å². The number of H-pyrrole nitrogens is 1. The van der Waals surface area contributed by atoms with Crippen LogP contribution in [-0.4, -0.2) is 42.3 Å². The van der Waals surface area contributed by atoms with Crippen LogP contribution < -0.4 is 0 Å². The highest BCUT2D eigenvalue weighted by Crippen LogP contribution is 2.18. The molecule has 1 amide bonds. The van der Waals surface area contributed by atoms with Crippen LogP contribution in [0.15, 0.2) is 36.5 Å². The van der Waals surface area contributed by atoms with Crippen molar-refractivity contribution in [3.8, 4) is 0 Å². The van der Waals surface area contributed by atoms with Crippen LogP contribution in [0.4, 0.5) is 4.39 Å². The molecule has 0 spiro atoms. The van der Waals surface area contributed by atoms with Crippen molar-refractivity contribution < 1.29 is 9.18 Å². The zero-order valence-electron chi connectivity index (χ0n) is 12.8. The van der Waals surface area contributed by atoms with E-state index in [4.69, 9.17) is 0 Å². The molecule has 0 fully saturated rings. The number of hydrogen-bond donors (Lipinski definition) is 1. The quantitative estimate of drug-likeness (QED) is 0.789. The SMILES string of the molecule is O=C(c1ccn[nH]1)N1CCn2c(Cc3ccccc3F)nnc2C1. The molecule has 1 aliphatic heterocycles. The minimum atomic E-state index is -0.248. The molecule has 3 aromatic rings. The van der Waals surface area contributed by atoms with Crippen molar-refractivity contribution in [2.45, 2.75) is 19.5 Å². The zero-order chi connectivity index (χ0) is 16.5. The predicted octanol–water partition coefficient (Wildman–Crippen LogP) is 1.39. The molecule has 0 aliphatic carbocycles. The number of aromatic amines is 1. The second-order valence-electron chi connectivity index (χ2n) is 5.65. The van der Waals surface area contributed by atoms with E-state index in [0.717, 1.165) is 0 Å². The van der Waals surface area contributed by atoms with Crippen molar-refractivity contribution in [2.24, 2.45) is 0 Å². The lowest BCUT2D eigenvalue weighted by Crippen LogP contribution is -2.39. The Morgan fingerprint density at radius 1 is 1.21 bits per heavy atom. The Morgan fingerprint density at radius 2 is 2.08 bits per heavy atom. The number of rotatable bonds is 3. The third kappa shape index (κ3) is 2.55. The lowest BCUT2D eigenvalue weighted by Gasteiger charge is -2.27. The van der Waals surface area contributed by atoms with Crippen molar-refractivity contribution in [1.82, 2.24) is 29.9 Å². The highest BCUT2D eigenvalue weighted by molar-refractivity contribution is 5.92. The van der Waals surface area contributed by atoms with E-state index in [2.05, 4.69) is 20.4 Å². The lowest BCUT2D eigenvalue weighted by molar-refractivity contribution is 0.0700. The summed E-state index contributed by atoms with van der Waals surface area (Å²) in [5, 5.41) is 14.8. The van der Waals surface area contributed by atoms with E-state index in [-0.39, 0.29) is 11.7 Å². The lowest BCUT2D eigenvalue weighted by atomic mass is 10.1. The fourth-order valence-corrected chi connectivity index (χ4v) is 2.88. The van der Waals surface area contributed by atoms with Crippen LogP contribution in [0.1, 0.15) is 27.7 Å². The number of hydrogen-bond acceptors (Lipinski definition) is 4. The maximum atomic E-state index is 13.8. The Kier molecular flexibility index (Phi) is 3.56. The van der Waals surface area contributed by atoms with Crippen molar-refractivity contribution in [3.05, 3.63) is 65.3 Å². The molecule has 1 aromatic carbocycles. The summed E-state index contributed by atoms with van der Waals surface area (Å²) in [6.45, 7) is 1.52. The Morgan fingerprint density at radius 3 is 2.88 bits per heavy atom. The van der Waals surface area contributed by atoms with Crippen LogP contribution in [0.5, 0.6) is 0 Å². The average molecular weight is 326 g/mol. The number of carbonyl (C=O) groups excluding carboxylic acids is 1. The summed E-state index contributed by atoms with van der Waals surface area (Å²) in [7, 11) is 0. The normalized spacial score (nSPS) is 13.8. The minimum Gasteiger partial charge on any atom is -0.328 e. The van der Waals surface area contributed by atoms with E-state index < -0.39 is 0 Å². The summed E-state index contributed by atoms with van der Waals surface area (Å²) in [6, 6.07) is 8.29. The Bertz CT molecular complexity index is 873. The van der Waals surface area contributed by atoms with Gasteiger partial charge in [0, 0.05) is 25.7 Å². The maximum Gasteiger partial charge on any atom is 0.272 e. The monoisotopic (exact) mass is 326 g/mol. The first-order chi connectivity index (χ1) is 11.7. The fraction of sp³-hybridized carbons (Fsp3) is 0.250. The highest BCUT2D eigenvalue weighted by Gasteiger charge is 2.26. The number of amides is 1. The third-order valence-electron chi connectivity index (χ3n) is 4.15. The summed E-state index contributed by atoms with van der Waals surface area (Å²) in [4.78, 5) is 14.1. The Balaban J connectivity index is 1.54. The average Bonchev–Trinajstić information content (AvgIpc) is 3.26. The van der Waals surface area contributed by atoms with Crippen LogP contribution in [0.3, 0.4) is 0 Å². The first kappa shape index (κ1) is 14.6. The zero-order valence-corrected chi connectivity index (χ0v) is 12.8. The van der Waals surface area contributed by atoms with Gasteiger partial charge in [-0.15, -0.1) is 10.2 Å². The first-order valence-corrected chi connectivity index (χ1v) is 7.65. The number of aromatic nitrogens is 5. The molecule has 0 unspecified atom stereocenters. The molecule has 1 N–H and O–H groups in total. The molecule has 24 heavy (non-hydrogen) atoms. The number of benzene rings is 1. The van der Waals surface area contributed by atoms with E-state index in [1.807, 2.05) is 4.57 Å². The van der Waals surface area contributed by atoms with Crippen LogP contribution in [0, 0.1) is 5.82 Å². The van der Waals surface area contributed by atoms with Crippen LogP contribution >= 0.6 is 0 Å². The number of carbonyl (C=O) groups is 1. The van der Waals surface area contributed by atoms with E-state index >= 15 is 0 Å². The summed E-state index contributed by atoms with van der Waals surface area (Å²) < 4.78 is 15.8. The largest absolute Gasteiger partial charge is 0.328 e. The molecule has 7 nitrogen and oxygen atoms in total. The van der Waals surface area contributed by atoms with Gasteiger partial charge in [-0.2, -0.15) is 5.10 Å². The van der Waals surface area contributed by atoms with Gasteiger partial charge < -0.3 is 9.47 Å². The molecule has 0 radical (unpaired) electrons. The standard InChI is InChI=1S/C16H15FN6O/c17-12-4-2-1-3-11(12)9-14-20-21-15-10-22(7-8-23(14)15)16(24)13-5-6-18-19-13/h1-6H,7-10H2,(H,18,19). The molecule has 0 saturated carbocycles. The highest BCUT2D eigenvalue weighted by atomic mass is 19.1. The van der Waals surface area contributed by atoms with Gasteiger partial charge in [0.2, 0.25) is 0 Å². The smallest absolute Gasteiger partial charge is 0.272 e. The molecule has 122 valence electrons. The number of nitrogens with zero attached hydrogens (tertiary/aromatic N) is 5. The van der Waals surface area contributed by atoms with E-state index in [1.165, 1.54) is 6.07 Å². The van der Waals surface area contributed by atoms with Gasteiger partial charge in [0.15, 0.2) is 5.82 Å². The number of fused-ring (bicyclic) bond motifs is 1. The van der Waals surface area contributed by atoms with Crippen LogP contribution in [0.2, 0.25) is 0 Å². The van der Waals surface area contributed by atoms with Crippen molar-refractivity contribution in [1.29, 1.82) is 0 Å². The van der Waals surface area contributed by atoms with Gasteiger partial charge >= 0.3 is 0 Å². The maximum absolute atomic E-state index is 13.8. The third-order valence-corrected chi connectivity index (χ3v) is 4.15. The van der Waals surface area contributed by atoms with Crippen LogP contribution in [0.25, 0.3) is 0 Å². The van der Waals surface area contributed by atoms with Gasteiger partial charge in [-0.25, -0.2) is 4.39 Å². The van der Waals surface area contributed by atoms with Gasteiger partial charge in [-0.1, -0.05) is 18.2 Å². The summed E-state index contributed by atoms with van der Waals surface area (Å²) in [5.41, 5.74) is 1.04. The molecule has 8 heteroatoms. The summed E-state index contributed by atoms with van der Waals surface area (Å²) in [5.74, 6) is 1.06. The van der Waals surface area contributed by atoms with Crippen molar-refractivity contribution in [2.75, 3.05) is 6.54 Å². The fourth-order valence-electron chi connectivity index (χ4n) is 2.88. The Labute approximate surface area is 137 Å². The number of halogens is 1. The first-order valence-electron chi connectivity index (χ1n) is 7.65. The van der Waals surface area contributed by atoms with Gasteiger partial charge in [-0.05, 0) is 17.7 Å². The van der Waals surface area contributed by atoms with Crippen LogP contribution in [-0.2, 0) is 19.5 Å². The molecule has 0 atom stereocenters. The number of nitrogens with one attached hydrogen (secondary N) is 1. The van der Waals surface area contributed by atoms with E-state index in [0.29, 0.717) is 49.0 Å². The molecular formula is C16H15FN6O. The van der Waals surface area contributed by atoms with Crippen molar-refractivity contribution >= 4 is 5.91 Å². The minimum absolute atomic E-state index is 0.114. The summed E-state index contributed by atoms with van der Waals surface area (Å²) in [6.07, 6.45) is 1.93. The molecule has 4 rings (SSSR count). The van der Waals surface area contributed by atoms with Crippen molar-refractivity contribution in [3.63, 3.8) is 0 Å². The second-order valence-corrected chi connectivity index (χ2v) is 5.65. The van der Waals surface area contributed by atoms with Gasteiger partial charge in [0.05, 0.1) is 6.54 Å². The molecule has 2 aromatic heterocycles. The van der Waals surface area contributed by atoms with E-state index in [9.17, 15) is 9.18 Å². The topological polar surface area (TPSA) is 79.7 Å². The predicted molar refractivity (Wildman–Crippen MR) is 82.6 cm³/mol. The van der Waals surface area contributed by atoms with E-state index in [1.54, 1.807) is 35.4 Å². The molecule has 0 saturated heterocycles. The molecular weight excluding hydrogens is 311 g/mol. The van der Waals surface area contributed by atoms with Gasteiger partial charge in [0.25, 0.3) is 5.91 Å².